The Kier molecular flexibility index (Phi) is 273. The van der Waals surface area contributed by atoms with Gasteiger partial charge in [0.25, 0.3) is 0 Å². The molecule has 0 spiro atoms. The van der Waals surface area contributed by atoms with Crippen LogP contribution in [0.5, 0.6) is 0 Å². The Bertz CT molecular complexity index is 9.61. The second kappa shape index (κ2) is 45.1. The molecule has 0 amide bonds. The van der Waals surface area contributed by atoms with Crippen LogP contribution in [0.2, 0.25) is 0 Å². The van der Waals surface area contributed by atoms with Crippen LogP contribution in [0.15, 0.2) is 0 Å². The van der Waals surface area contributed by atoms with Crippen molar-refractivity contribution in [1.29, 1.82) is 0 Å². The second-order valence-electron chi connectivity index (χ2n) is 0. The summed E-state index contributed by atoms with van der Waals surface area (Å²) in [6.07, 6.45) is 0. The summed E-state index contributed by atoms with van der Waals surface area (Å²) in [7, 11) is 0. The molecule has 0 aliphatic rings. The maximum absolute atomic E-state index is 7.81. The maximum Gasteiger partial charge on any atom is 2.00 e. The minimum absolute atomic E-state index is 0. The van der Waals surface area contributed by atoms with Gasteiger partial charge in [-0.3, -0.25) is 0 Å². The van der Waals surface area contributed by atoms with Crippen LogP contribution < -0.4 is 0 Å². The fraction of sp³-hybridized carbons (Fsp3) is 0. The van der Waals surface area contributed by atoms with Gasteiger partial charge in [-0.05, 0) is 0 Å². The molecule has 0 radical (unpaired) electrons. The Morgan fingerprint density at radius 1 is 1.20 bits per heavy atom. The molecule has 0 rings (SSSR count). The van der Waals surface area contributed by atoms with E-state index in [1.165, 1.54) is 0 Å². The fourth-order valence-corrected chi connectivity index (χ4v) is 0. The van der Waals surface area contributed by atoms with Crippen LogP contribution >= 0.6 is 0 Å². The topological polar surface area (TPSA) is 45.6 Å². The van der Waals surface area contributed by atoms with E-state index in [0.29, 0.717) is 0 Å². The van der Waals surface area contributed by atoms with Gasteiger partial charge in [0.1, 0.15) is 0 Å². The van der Waals surface area contributed by atoms with E-state index in [4.69, 9.17) is 3.83 Å². The first-order valence-corrected chi connectivity index (χ1v) is 0.508. The predicted molar refractivity (Wildman–Crippen MR) is 1.37 cm³/mol. The molecule has 0 fully saturated rings. The van der Waals surface area contributed by atoms with Gasteiger partial charge in [-0.1, -0.05) is 0 Å². The quantitative estimate of drug-likeness (QED) is 0.559. The van der Waals surface area contributed by atoms with Crippen molar-refractivity contribution in [2.45, 2.75) is 0 Å². The average Bonchev–Trinajstić information content (AvgIpc) is 1.00. The number of hydrogen-bond acceptors (Lipinski definition) is 1. The summed E-state index contributed by atoms with van der Waals surface area (Å²) >= 11 is 2.94. The molecule has 2 nitrogen and oxygen atoms in total. The normalized spacial score (nSPS) is 1.20. The Balaban J connectivity index is -0.00000000167. The molecule has 0 aromatic heterocycles. The first-order chi connectivity index (χ1) is 1.00. The van der Waals surface area contributed by atoms with E-state index in [9.17, 15) is 0 Å². The molecular formula is AgCuO2Zn+. The van der Waals surface area contributed by atoms with Crippen molar-refractivity contribution in [3.8, 4) is 0 Å². The van der Waals surface area contributed by atoms with Gasteiger partial charge in [0.05, 0.1) is 0 Å². The molecule has 0 N–H and O–H groups in total. The Hall–Kier alpha value is 1.64. The standard InChI is InChI=1S/Ag.Cu.2O.Zn/q+1;;;-2;+2. The van der Waals surface area contributed by atoms with E-state index in [1.807, 2.05) is 0 Å². The summed E-state index contributed by atoms with van der Waals surface area (Å²) in [5.74, 6) is 0. The van der Waals surface area contributed by atoms with Gasteiger partial charge in [0, 0.05) is 0 Å². The summed E-state index contributed by atoms with van der Waals surface area (Å²) in [5.41, 5.74) is 0. The molecule has 0 saturated heterocycles. The van der Waals surface area contributed by atoms with Gasteiger partial charge in [-0.2, -0.15) is 0 Å². The summed E-state index contributed by atoms with van der Waals surface area (Å²) < 4.78 is 7.81. The predicted octanol–water partition coefficient (Wildman–Crippen LogP) is -0.245. The third-order valence-corrected chi connectivity index (χ3v) is 0. The largest absolute Gasteiger partial charge is 2.00 e. The molecule has 0 atom stereocenters. The van der Waals surface area contributed by atoms with Gasteiger partial charge < -0.3 is 5.48 Å². The van der Waals surface area contributed by atoms with Crippen LogP contribution in [0.25, 0.3) is 0 Å². The molecule has 5 heavy (non-hydrogen) atoms. The Morgan fingerprint density at radius 2 is 1.20 bits per heavy atom. The van der Waals surface area contributed by atoms with E-state index in [2.05, 4.69) is 15.9 Å². The van der Waals surface area contributed by atoms with Crippen LogP contribution in [-0.4, -0.2) is 0 Å². The van der Waals surface area contributed by atoms with E-state index in [1.54, 1.807) is 0 Å². The SMILES string of the molecule is [Ag+].[O-2].[O]=[Cu].[Zn+2]. The Labute approximate surface area is 66.7 Å². The number of hydrogen-bond donors (Lipinski definition) is 0. The van der Waals surface area contributed by atoms with Crippen LogP contribution in [0.3, 0.4) is 0 Å². The molecule has 0 heterocycles. The van der Waals surface area contributed by atoms with Gasteiger partial charge in [0.2, 0.25) is 0 Å². The molecule has 0 saturated carbocycles. The molecule has 0 aliphatic heterocycles. The zero-order valence-corrected chi connectivity index (χ0v) is 7.52. The van der Waals surface area contributed by atoms with Crippen LogP contribution in [0.4, 0.5) is 0 Å². The molecule has 0 bridgehead atoms. The van der Waals surface area contributed by atoms with Crippen molar-refractivity contribution in [2.24, 2.45) is 0 Å². The summed E-state index contributed by atoms with van der Waals surface area (Å²) in [6.45, 7) is 0. The maximum atomic E-state index is 7.81. The minimum Gasteiger partial charge on any atom is 2.00 e. The van der Waals surface area contributed by atoms with E-state index in [-0.39, 0.29) is 47.3 Å². The van der Waals surface area contributed by atoms with Crippen LogP contribution in [-0.2, 0) is 67.1 Å². The van der Waals surface area contributed by atoms with Crippen molar-refractivity contribution in [2.75, 3.05) is 0 Å². The molecular weight excluding hydrogens is 269 g/mol. The number of rotatable bonds is 0. The first-order valence-electron chi connectivity index (χ1n) is 0.123. The van der Waals surface area contributed by atoms with Gasteiger partial charge in [0.15, 0.2) is 0 Å². The fourth-order valence-electron chi connectivity index (χ4n) is 0. The van der Waals surface area contributed by atoms with Gasteiger partial charge in [-0.25, -0.2) is 0 Å². The monoisotopic (exact) mass is 266 g/mol. The van der Waals surface area contributed by atoms with Crippen molar-refractivity contribution in [1.82, 2.24) is 0 Å². The van der Waals surface area contributed by atoms with Crippen molar-refractivity contribution in [3.63, 3.8) is 0 Å². The second-order valence-corrected chi connectivity index (χ2v) is 0. The summed E-state index contributed by atoms with van der Waals surface area (Å²) in [6, 6.07) is 0. The first kappa shape index (κ1) is 30.3. The zero-order valence-electron chi connectivity index (χ0n) is 2.13. The van der Waals surface area contributed by atoms with Gasteiger partial charge >= 0.3 is 61.6 Å². The average molecular weight is 269 g/mol. The third kappa shape index (κ3) is 27.7. The van der Waals surface area contributed by atoms with Crippen molar-refractivity contribution >= 4 is 0 Å². The third-order valence-electron chi connectivity index (χ3n) is 0. The van der Waals surface area contributed by atoms with Crippen LogP contribution in [0, 0.1) is 0 Å². The molecule has 0 aromatic rings. The molecule has 5 heteroatoms. The van der Waals surface area contributed by atoms with E-state index < -0.39 is 0 Å². The van der Waals surface area contributed by atoms with Crippen molar-refractivity contribution < 1.29 is 67.1 Å². The summed E-state index contributed by atoms with van der Waals surface area (Å²) in [4.78, 5) is 0. The van der Waals surface area contributed by atoms with E-state index in [0.717, 1.165) is 0 Å². The van der Waals surface area contributed by atoms with Gasteiger partial charge in [-0.15, -0.1) is 0 Å². The zero-order chi connectivity index (χ0) is 2.00. The van der Waals surface area contributed by atoms with Crippen LogP contribution in [0.1, 0.15) is 0 Å². The molecule has 0 aromatic carbocycles. The summed E-state index contributed by atoms with van der Waals surface area (Å²) in [5, 5.41) is 0. The Morgan fingerprint density at radius 3 is 1.20 bits per heavy atom. The van der Waals surface area contributed by atoms with E-state index >= 15 is 0 Å². The molecule has 35 valence electrons. The molecule has 0 unspecified atom stereocenters. The van der Waals surface area contributed by atoms with Crippen molar-refractivity contribution in [3.05, 3.63) is 0 Å². The smallest absolute Gasteiger partial charge is 2.00 e. The molecule has 0 aliphatic carbocycles. The minimum atomic E-state index is 0.